The van der Waals surface area contributed by atoms with Gasteiger partial charge in [0.1, 0.15) is 31.0 Å². The molecule has 0 radical (unpaired) electrons. The van der Waals surface area contributed by atoms with Crippen molar-refractivity contribution in [3.05, 3.63) is 71.8 Å². The fourth-order valence-corrected chi connectivity index (χ4v) is 3.77. The Morgan fingerprint density at radius 2 is 1.69 bits per heavy atom. The number of carbonyl (C=O) groups excluding carboxylic acids is 3. The topological polar surface area (TPSA) is 130 Å². The molecule has 36 heavy (non-hydrogen) atoms. The van der Waals surface area contributed by atoms with Gasteiger partial charge in [0.05, 0.1) is 19.3 Å². The first kappa shape index (κ1) is 27.3. The van der Waals surface area contributed by atoms with E-state index in [1.807, 2.05) is 30.3 Å². The number of aliphatic hydroxyl groups is 1. The Morgan fingerprint density at radius 1 is 1.06 bits per heavy atom. The Balaban J connectivity index is 1.81. The number of aliphatic hydroxyl groups excluding tert-OH is 1. The summed E-state index contributed by atoms with van der Waals surface area (Å²) in [6.07, 6.45) is -5.75. The lowest BCUT2D eigenvalue weighted by atomic mass is 9.96. The first-order valence-electron chi connectivity index (χ1n) is 11.5. The van der Waals surface area contributed by atoms with Gasteiger partial charge in [0.25, 0.3) is 0 Å². The molecule has 2 aromatic carbocycles. The summed E-state index contributed by atoms with van der Waals surface area (Å²) < 4.78 is 27.9. The van der Waals surface area contributed by atoms with Crippen LogP contribution in [0.5, 0.6) is 0 Å². The lowest BCUT2D eigenvalue weighted by Crippen LogP contribution is -2.66. The molecule has 3 rings (SSSR count). The molecule has 0 spiro atoms. The van der Waals surface area contributed by atoms with Crippen molar-refractivity contribution in [1.82, 2.24) is 5.32 Å². The molecule has 2 unspecified atom stereocenters. The van der Waals surface area contributed by atoms with Gasteiger partial charge >= 0.3 is 11.9 Å². The number of methoxy groups -OCH3 is 1. The average molecular weight is 502 g/mol. The molecule has 2 aromatic rings. The Bertz CT molecular complexity index is 1000. The molecule has 1 saturated heterocycles. The normalized spacial score (nSPS) is 24.4. The van der Waals surface area contributed by atoms with Crippen LogP contribution in [0.25, 0.3) is 0 Å². The van der Waals surface area contributed by atoms with Crippen molar-refractivity contribution in [3.63, 3.8) is 0 Å². The summed E-state index contributed by atoms with van der Waals surface area (Å²) in [5, 5.41) is 13.8. The van der Waals surface area contributed by atoms with Crippen LogP contribution in [0, 0.1) is 0 Å². The minimum atomic E-state index is -1.38. The molecule has 0 saturated carbocycles. The van der Waals surface area contributed by atoms with E-state index in [4.69, 9.17) is 23.7 Å². The number of carbonyl (C=O) groups is 3. The standard InChI is InChI=1S/C26H31NO9/c1-16(24(30)32-3)35-23-21(27-17(2)28)26(34-14-18-10-6-4-7-11-18)36-20(22(23)29)15-33-25(31)19-12-8-5-9-13-19/h4-13,16,20-23,26,29H,14-15H2,1-3H3,(H,27,28)/t16-,20?,21?,22-,23+,26+/m1/s1. The van der Waals surface area contributed by atoms with E-state index in [0.717, 1.165) is 5.56 Å². The quantitative estimate of drug-likeness (QED) is 0.466. The summed E-state index contributed by atoms with van der Waals surface area (Å²) in [6, 6.07) is 16.7. The molecular formula is C26H31NO9. The number of rotatable bonds is 10. The second-order valence-electron chi connectivity index (χ2n) is 8.29. The molecule has 0 bridgehead atoms. The number of ether oxygens (including phenoxy) is 5. The van der Waals surface area contributed by atoms with Crippen LogP contribution in [0.2, 0.25) is 0 Å². The molecule has 0 aliphatic carbocycles. The van der Waals surface area contributed by atoms with E-state index < -0.39 is 54.6 Å². The van der Waals surface area contributed by atoms with Gasteiger partial charge in [-0.05, 0) is 24.6 Å². The van der Waals surface area contributed by atoms with Crippen molar-refractivity contribution in [3.8, 4) is 0 Å². The van der Waals surface area contributed by atoms with Crippen LogP contribution in [-0.2, 0) is 39.9 Å². The van der Waals surface area contributed by atoms with Gasteiger partial charge in [0.15, 0.2) is 12.4 Å². The molecule has 10 nitrogen and oxygen atoms in total. The third-order valence-corrected chi connectivity index (χ3v) is 5.58. The Hall–Kier alpha value is -3.31. The Kier molecular flexibility index (Phi) is 9.95. The molecule has 10 heteroatoms. The number of hydrogen-bond acceptors (Lipinski definition) is 9. The zero-order valence-corrected chi connectivity index (χ0v) is 20.4. The third kappa shape index (κ3) is 7.34. The first-order chi connectivity index (χ1) is 17.3. The van der Waals surface area contributed by atoms with Gasteiger partial charge in [-0.1, -0.05) is 48.5 Å². The summed E-state index contributed by atoms with van der Waals surface area (Å²) in [6.45, 7) is 2.57. The minimum absolute atomic E-state index is 0.132. The predicted octanol–water partition coefficient (Wildman–Crippen LogP) is 1.60. The van der Waals surface area contributed by atoms with E-state index in [2.05, 4.69) is 5.32 Å². The highest BCUT2D eigenvalue weighted by molar-refractivity contribution is 5.89. The lowest BCUT2D eigenvalue weighted by molar-refractivity contribution is -0.284. The highest BCUT2D eigenvalue weighted by Crippen LogP contribution is 2.27. The SMILES string of the molecule is COC(=O)[C@@H](C)O[C@H]1C(NC(C)=O)[C@@H](OCc2ccccc2)OC(COC(=O)c2ccccc2)[C@H]1O. The van der Waals surface area contributed by atoms with Crippen molar-refractivity contribution in [2.24, 2.45) is 0 Å². The van der Waals surface area contributed by atoms with E-state index >= 15 is 0 Å². The van der Waals surface area contributed by atoms with Crippen LogP contribution < -0.4 is 5.32 Å². The Morgan fingerprint density at radius 3 is 2.31 bits per heavy atom. The molecule has 1 amide bonds. The van der Waals surface area contributed by atoms with Crippen LogP contribution in [0.3, 0.4) is 0 Å². The van der Waals surface area contributed by atoms with Crippen LogP contribution in [-0.4, -0.2) is 73.4 Å². The molecule has 6 atom stereocenters. The molecule has 1 fully saturated rings. The van der Waals surface area contributed by atoms with Crippen molar-refractivity contribution < 1.29 is 43.2 Å². The summed E-state index contributed by atoms with van der Waals surface area (Å²) in [7, 11) is 1.21. The Labute approximate surface area is 209 Å². The molecular weight excluding hydrogens is 470 g/mol. The van der Waals surface area contributed by atoms with Gasteiger partial charge in [-0.25, -0.2) is 9.59 Å². The highest BCUT2D eigenvalue weighted by atomic mass is 16.7. The van der Waals surface area contributed by atoms with Gasteiger partial charge in [-0.2, -0.15) is 0 Å². The van der Waals surface area contributed by atoms with E-state index in [1.165, 1.54) is 21.0 Å². The number of esters is 2. The highest BCUT2D eigenvalue weighted by Gasteiger charge is 2.48. The second kappa shape index (κ2) is 13.1. The summed E-state index contributed by atoms with van der Waals surface area (Å²) in [4.78, 5) is 36.5. The largest absolute Gasteiger partial charge is 0.467 e. The zero-order chi connectivity index (χ0) is 26.1. The number of hydrogen-bond donors (Lipinski definition) is 2. The third-order valence-electron chi connectivity index (χ3n) is 5.58. The number of nitrogens with one attached hydrogen (secondary N) is 1. The molecule has 0 aromatic heterocycles. The molecule has 2 N–H and O–H groups in total. The number of amides is 1. The van der Waals surface area contributed by atoms with Gasteiger partial charge in [0.2, 0.25) is 5.91 Å². The fraction of sp³-hybridized carbons (Fsp3) is 0.423. The first-order valence-corrected chi connectivity index (χ1v) is 11.5. The van der Waals surface area contributed by atoms with Gasteiger partial charge in [-0.15, -0.1) is 0 Å². The predicted molar refractivity (Wildman–Crippen MR) is 127 cm³/mol. The maximum absolute atomic E-state index is 12.4. The minimum Gasteiger partial charge on any atom is -0.467 e. The van der Waals surface area contributed by atoms with Crippen LogP contribution in [0.15, 0.2) is 60.7 Å². The van der Waals surface area contributed by atoms with Crippen molar-refractivity contribution in [1.29, 1.82) is 0 Å². The fourth-order valence-electron chi connectivity index (χ4n) is 3.77. The summed E-state index contributed by atoms with van der Waals surface area (Å²) >= 11 is 0. The monoisotopic (exact) mass is 501 g/mol. The van der Waals surface area contributed by atoms with Crippen LogP contribution in [0.1, 0.15) is 29.8 Å². The van der Waals surface area contributed by atoms with Crippen LogP contribution in [0.4, 0.5) is 0 Å². The zero-order valence-electron chi connectivity index (χ0n) is 20.4. The van der Waals surface area contributed by atoms with E-state index in [9.17, 15) is 19.5 Å². The van der Waals surface area contributed by atoms with Gasteiger partial charge in [-0.3, -0.25) is 4.79 Å². The van der Waals surface area contributed by atoms with Crippen LogP contribution >= 0.6 is 0 Å². The lowest BCUT2D eigenvalue weighted by Gasteiger charge is -2.44. The van der Waals surface area contributed by atoms with E-state index in [0.29, 0.717) is 5.56 Å². The van der Waals surface area contributed by atoms with E-state index in [-0.39, 0.29) is 13.2 Å². The molecule has 1 aliphatic heterocycles. The van der Waals surface area contributed by atoms with Crippen molar-refractivity contribution >= 4 is 17.8 Å². The second-order valence-corrected chi connectivity index (χ2v) is 8.29. The smallest absolute Gasteiger partial charge is 0.338 e. The van der Waals surface area contributed by atoms with Crippen molar-refractivity contribution in [2.75, 3.05) is 13.7 Å². The maximum atomic E-state index is 12.4. The number of benzene rings is 2. The maximum Gasteiger partial charge on any atom is 0.338 e. The molecule has 1 aliphatic rings. The summed E-state index contributed by atoms with van der Waals surface area (Å²) in [5.41, 5.74) is 1.18. The molecule has 194 valence electrons. The van der Waals surface area contributed by atoms with E-state index in [1.54, 1.807) is 30.3 Å². The average Bonchev–Trinajstić information content (AvgIpc) is 2.89. The van der Waals surface area contributed by atoms with Crippen molar-refractivity contribution in [2.45, 2.75) is 57.2 Å². The summed E-state index contributed by atoms with van der Waals surface area (Å²) in [5.74, 6) is -1.68. The van der Waals surface area contributed by atoms with Gasteiger partial charge < -0.3 is 34.1 Å². The van der Waals surface area contributed by atoms with Gasteiger partial charge in [0, 0.05) is 6.92 Å². The molecule has 1 heterocycles.